The maximum absolute atomic E-state index is 12.6. The van der Waals surface area contributed by atoms with E-state index in [0.717, 1.165) is 39.6 Å². The Hall–Kier alpha value is -2.58. The van der Waals surface area contributed by atoms with Crippen molar-refractivity contribution in [2.75, 3.05) is 10.6 Å². The molecular formula is C20H18N4O2S2. The third kappa shape index (κ3) is 3.33. The summed E-state index contributed by atoms with van der Waals surface area (Å²) in [6.45, 7) is 1.89. The van der Waals surface area contributed by atoms with Crippen molar-refractivity contribution in [3.63, 3.8) is 0 Å². The van der Waals surface area contributed by atoms with E-state index < -0.39 is 0 Å². The Bertz CT molecular complexity index is 1100. The van der Waals surface area contributed by atoms with E-state index in [9.17, 15) is 9.59 Å². The van der Waals surface area contributed by atoms with Crippen molar-refractivity contribution in [3.8, 4) is 11.3 Å². The molecule has 2 amide bonds. The van der Waals surface area contributed by atoms with Crippen LogP contribution in [0.25, 0.3) is 11.3 Å². The second-order valence-electron chi connectivity index (χ2n) is 7.15. The summed E-state index contributed by atoms with van der Waals surface area (Å²) in [7, 11) is 0. The molecule has 3 heterocycles. The van der Waals surface area contributed by atoms with Crippen molar-refractivity contribution in [2.24, 2.45) is 0 Å². The van der Waals surface area contributed by atoms with Gasteiger partial charge >= 0.3 is 0 Å². The molecule has 2 aromatic heterocycles. The van der Waals surface area contributed by atoms with E-state index in [-0.39, 0.29) is 11.8 Å². The van der Waals surface area contributed by atoms with Gasteiger partial charge in [-0.15, -0.1) is 22.7 Å². The van der Waals surface area contributed by atoms with Crippen LogP contribution in [0.15, 0.2) is 23.6 Å². The number of aromatic nitrogens is 2. The zero-order chi connectivity index (χ0) is 19.3. The van der Waals surface area contributed by atoms with E-state index in [1.807, 2.05) is 24.4 Å². The van der Waals surface area contributed by atoms with E-state index in [1.54, 1.807) is 0 Å². The average Bonchev–Trinajstić information content (AvgIpc) is 3.31. The Labute approximate surface area is 170 Å². The van der Waals surface area contributed by atoms with Crippen LogP contribution in [0.3, 0.4) is 0 Å². The lowest BCUT2D eigenvalue weighted by Gasteiger charge is -2.17. The molecule has 142 valence electrons. The molecule has 0 unspecified atom stereocenters. The lowest BCUT2D eigenvalue weighted by atomic mass is 9.99. The highest BCUT2D eigenvalue weighted by atomic mass is 32.1. The Morgan fingerprint density at radius 2 is 2.11 bits per heavy atom. The molecule has 0 bridgehead atoms. The molecule has 28 heavy (non-hydrogen) atoms. The van der Waals surface area contributed by atoms with Gasteiger partial charge in [0, 0.05) is 29.0 Å². The van der Waals surface area contributed by atoms with Crippen molar-refractivity contribution in [1.82, 2.24) is 9.97 Å². The number of thiazole rings is 2. The third-order valence-corrected chi connectivity index (χ3v) is 7.04. The van der Waals surface area contributed by atoms with Gasteiger partial charge in [-0.25, -0.2) is 9.97 Å². The van der Waals surface area contributed by atoms with Crippen LogP contribution in [0.1, 0.15) is 51.1 Å². The number of hydrogen-bond donors (Lipinski definition) is 2. The molecule has 1 fully saturated rings. The van der Waals surface area contributed by atoms with Crippen LogP contribution in [0.5, 0.6) is 0 Å². The average molecular weight is 411 g/mol. The van der Waals surface area contributed by atoms with Gasteiger partial charge in [0.25, 0.3) is 5.91 Å². The molecule has 1 aromatic carbocycles. The van der Waals surface area contributed by atoms with Gasteiger partial charge < -0.3 is 5.32 Å². The fourth-order valence-electron chi connectivity index (χ4n) is 3.29. The topological polar surface area (TPSA) is 84.0 Å². The summed E-state index contributed by atoms with van der Waals surface area (Å²) in [5.74, 6) is 0.462. The van der Waals surface area contributed by atoms with Crippen LogP contribution in [0.4, 0.5) is 10.8 Å². The number of carbonyl (C=O) groups is 2. The van der Waals surface area contributed by atoms with Crippen LogP contribution in [-0.2, 0) is 11.2 Å². The number of hydrogen-bond acceptors (Lipinski definition) is 6. The van der Waals surface area contributed by atoms with Gasteiger partial charge in [-0.2, -0.15) is 0 Å². The molecule has 0 saturated heterocycles. The fourth-order valence-corrected chi connectivity index (χ4v) is 5.14. The predicted octanol–water partition coefficient (Wildman–Crippen LogP) is 4.59. The predicted molar refractivity (Wildman–Crippen MR) is 111 cm³/mol. The lowest BCUT2D eigenvalue weighted by molar-refractivity contribution is -0.116. The molecule has 3 aromatic rings. The summed E-state index contributed by atoms with van der Waals surface area (Å²) in [5.41, 5.74) is 4.58. The van der Waals surface area contributed by atoms with Crippen LogP contribution >= 0.6 is 22.7 Å². The zero-order valence-electron chi connectivity index (χ0n) is 15.2. The van der Waals surface area contributed by atoms with E-state index in [1.165, 1.54) is 35.5 Å². The number of nitrogens with one attached hydrogen (secondary N) is 2. The maximum atomic E-state index is 12.6. The highest BCUT2D eigenvalue weighted by molar-refractivity contribution is 7.15. The normalized spacial score (nSPS) is 15.8. The monoisotopic (exact) mass is 410 g/mol. The van der Waals surface area contributed by atoms with Gasteiger partial charge in [0.15, 0.2) is 5.13 Å². The van der Waals surface area contributed by atoms with E-state index in [2.05, 4.69) is 26.7 Å². The van der Waals surface area contributed by atoms with Gasteiger partial charge in [-0.1, -0.05) is 6.07 Å². The van der Waals surface area contributed by atoms with Crippen molar-refractivity contribution in [2.45, 2.75) is 38.5 Å². The molecule has 1 saturated carbocycles. The van der Waals surface area contributed by atoms with Crippen LogP contribution in [-0.4, -0.2) is 21.8 Å². The SMILES string of the molecule is Cc1nc(C2CC2)sc1C(=O)Nc1nc(-c2ccc3c(c2)CCC(=O)N3)cs1. The van der Waals surface area contributed by atoms with E-state index in [4.69, 9.17) is 0 Å². The largest absolute Gasteiger partial charge is 0.326 e. The zero-order valence-corrected chi connectivity index (χ0v) is 16.9. The molecule has 1 aliphatic heterocycles. The standard InChI is InChI=1S/C20H18N4O2S2/c1-10-17(28-19(21-10)11-2-3-11)18(26)24-20-23-15(9-27-20)13-4-6-14-12(8-13)5-7-16(25)22-14/h4,6,8-9,11H,2-3,5,7H2,1H3,(H,22,25)(H,23,24,26). The molecule has 0 radical (unpaired) electrons. The highest BCUT2D eigenvalue weighted by Gasteiger charge is 2.29. The molecule has 2 N–H and O–H groups in total. The number of benzene rings is 1. The Balaban J connectivity index is 1.34. The number of anilines is 2. The molecule has 6 nitrogen and oxygen atoms in total. The lowest BCUT2D eigenvalue weighted by Crippen LogP contribution is -2.18. The number of nitrogens with zero attached hydrogens (tertiary/aromatic N) is 2. The van der Waals surface area contributed by atoms with Crippen LogP contribution < -0.4 is 10.6 Å². The Kier molecular flexibility index (Phi) is 4.25. The summed E-state index contributed by atoms with van der Waals surface area (Å²) < 4.78 is 0. The maximum Gasteiger partial charge on any atom is 0.269 e. The summed E-state index contributed by atoms with van der Waals surface area (Å²) >= 11 is 2.90. The number of aryl methyl sites for hydroxylation is 2. The molecule has 0 atom stereocenters. The second-order valence-corrected chi connectivity index (χ2v) is 9.04. The minimum Gasteiger partial charge on any atom is -0.326 e. The van der Waals surface area contributed by atoms with Crippen LogP contribution in [0, 0.1) is 6.92 Å². The first-order valence-corrected chi connectivity index (χ1v) is 10.9. The molecule has 2 aliphatic rings. The second kappa shape index (κ2) is 6.79. The van der Waals surface area contributed by atoms with Gasteiger partial charge in [0.05, 0.1) is 16.4 Å². The van der Waals surface area contributed by atoms with Crippen molar-refractivity contribution < 1.29 is 9.59 Å². The molecule has 8 heteroatoms. The quantitative estimate of drug-likeness (QED) is 0.659. The molecule has 5 rings (SSSR count). The van der Waals surface area contributed by atoms with Crippen LogP contribution in [0.2, 0.25) is 0 Å². The first-order chi connectivity index (χ1) is 13.6. The first kappa shape index (κ1) is 17.5. The molecule has 1 aliphatic carbocycles. The number of fused-ring (bicyclic) bond motifs is 1. The van der Waals surface area contributed by atoms with Crippen molar-refractivity contribution in [1.29, 1.82) is 0 Å². The highest BCUT2D eigenvalue weighted by Crippen LogP contribution is 2.42. The Morgan fingerprint density at radius 3 is 2.93 bits per heavy atom. The van der Waals surface area contributed by atoms with Gasteiger partial charge in [0.2, 0.25) is 5.91 Å². The number of amides is 2. The van der Waals surface area contributed by atoms with Crippen molar-refractivity contribution >= 4 is 45.3 Å². The number of rotatable bonds is 4. The molecule has 0 spiro atoms. The van der Waals surface area contributed by atoms with Gasteiger partial charge in [-0.3, -0.25) is 14.9 Å². The Morgan fingerprint density at radius 1 is 1.25 bits per heavy atom. The fraction of sp³-hybridized carbons (Fsp3) is 0.300. The summed E-state index contributed by atoms with van der Waals surface area (Å²) in [5, 5.41) is 9.39. The summed E-state index contributed by atoms with van der Waals surface area (Å²) in [6, 6.07) is 5.92. The van der Waals surface area contributed by atoms with Gasteiger partial charge in [0.1, 0.15) is 4.88 Å². The minimum absolute atomic E-state index is 0.0575. The number of carbonyl (C=O) groups excluding carboxylic acids is 2. The smallest absolute Gasteiger partial charge is 0.269 e. The van der Waals surface area contributed by atoms with E-state index >= 15 is 0 Å². The van der Waals surface area contributed by atoms with E-state index in [0.29, 0.717) is 22.3 Å². The van der Waals surface area contributed by atoms with Crippen molar-refractivity contribution in [3.05, 3.63) is 44.7 Å². The molecular weight excluding hydrogens is 392 g/mol. The minimum atomic E-state index is -0.143. The summed E-state index contributed by atoms with van der Waals surface area (Å²) in [4.78, 5) is 33.9. The van der Waals surface area contributed by atoms with Gasteiger partial charge in [-0.05, 0) is 43.9 Å². The summed E-state index contributed by atoms with van der Waals surface area (Å²) in [6.07, 6.45) is 3.59. The first-order valence-electron chi connectivity index (χ1n) is 9.24. The third-order valence-electron chi connectivity index (χ3n) is 4.97.